The molecule has 4 nitrogen and oxygen atoms in total. The summed E-state index contributed by atoms with van der Waals surface area (Å²) in [6.45, 7) is 0.363. The van der Waals surface area contributed by atoms with Gasteiger partial charge in [0, 0.05) is 11.8 Å². The van der Waals surface area contributed by atoms with Crippen LogP contribution in [0.4, 0.5) is 0 Å². The number of nitrogens with zero attached hydrogens (tertiary/aromatic N) is 2. The van der Waals surface area contributed by atoms with Crippen molar-refractivity contribution < 1.29 is 9.53 Å². The van der Waals surface area contributed by atoms with E-state index in [-0.39, 0.29) is 0 Å². The number of ether oxygens (including phenoxy) is 1. The van der Waals surface area contributed by atoms with Gasteiger partial charge in [-0.05, 0) is 30.3 Å². The molecule has 21 heavy (non-hydrogen) atoms. The quantitative estimate of drug-likeness (QED) is 0.673. The number of aldehydes is 1. The Morgan fingerprint density at radius 1 is 1.05 bits per heavy atom. The SMILES string of the molecule is O=Cc1cccc(OCc2ccn(-c3ccccc3)n2)c1. The van der Waals surface area contributed by atoms with Crippen LogP contribution in [0.3, 0.4) is 0 Å². The predicted molar refractivity (Wildman–Crippen MR) is 79.7 cm³/mol. The fourth-order valence-corrected chi connectivity index (χ4v) is 2.00. The summed E-state index contributed by atoms with van der Waals surface area (Å²) in [5.41, 5.74) is 2.43. The second-order valence-corrected chi connectivity index (χ2v) is 4.57. The maximum atomic E-state index is 10.7. The molecule has 4 heteroatoms. The average molecular weight is 278 g/mol. The topological polar surface area (TPSA) is 44.1 Å². The van der Waals surface area contributed by atoms with Crippen molar-refractivity contribution in [1.82, 2.24) is 9.78 Å². The van der Waals surface area contributed by atoms with E-state index in [1.165, 1.54) is 0 Å². The fourth-order valence-electron chi connectivity index (χ4n) is 2.00. The minimum Gasteiger partial charge on any atom is -0.487 e. The van der Waals surface area contributed by atoms with E-state index in [4.69, 9.17) is 4.74 Å². The van der Waals surface area contributed by atoms with Crippen molar-refractivity contribution in [2.75, 3.05) is 0 Å². The minimum atomic E-state index is 0.363. The van der Waals surface area contributed by atoms with Gasteiger partial charge < -0.3 is 4.74 Å². The van der Waals surface area contributed by atoms with E-state index in [0.717, 1.165) is 17.7 Å². The number of carbonyl (C=O) groups is 1. The summed E-state index contributed by atoms with van der Waals surface area (Å²) in [7, 11) is 0. The third-order valence-electron chi connectivity index (χ3n) is 3.05. The highest BCUT2D eigenvalue weighted by molar-refractivity contribution is 5.75. The lowest BCUT2D eigenvalue weighted by atomic mass is 10.2. The summed E-state index contributed by atoms with van der Waals surface area (Å²) in [6.07, 6.45) is 2.70. The first-order valence-electron chi connectivity index (χ1n) is 6.63. The van der Waals surface area contributed by atoms with Crippen LogP contribution in [0.15, 0.2) is 66.9 Å². The lowest BCUT2D eigenvalue weighted by molar-refractivity contribution is 0.112. The lowest BCUT2D eigenvalue weighted by Crippen LogP contribution is -1.99. The summed E-state index contributed by atoms with van der Waals surface area (Å²) < 4.78 is 7.46. The van der Waals surface area contributed by atoms with Crippen LogP contribution in [0, 0.1) is 0 Å². The molecule has 0 N–H and O–H groups in total. The van der Waals surface area contributed by atoms with E-state index in [1.54, 1.807) is 22.9 Å². The Labute approximate surface area is 122 Å². The molecule has 0 atom stereocenters. The molecular formula is C17H14N2O2. The van der Waals surface area contributed by atoms with Crippen LogP contribution in [-0.2, 0) is 6.61 Å². The molecule has 0 amide bonds. The summed E-state index contributed by atoms with van der Waals surface area (Å²) in [5.74, 6) is 0.661. The third kappa shape index (κ3) is 3.17. The van der Waals surface area contributed by atoms with Gasteiger partial charge >= 0.3 is 0 Å². The Balaban J connectivity index is 1.69. The van der Waals surface area contributed by atoms with E-state index >= 15 is 0 Å². The molecule has 0 spiro atoms. The van der Waals surface area contributed by atoms with E-state index in [0.29, 0.717) is 17.9 Å². The van der Waals surface area contributed by atoms with Crippen LogP contribution in [0.1, 0.15) is 16.1 Å². The zero-order valence-electron chi connectivity index (χ0n) is 11.3. The second kappa shape index (κ2) is 6.05. The van der Waals surface area contributed by atoms with Gasteiger partial charge in [-0.25, -0.2) is 4.68 Å². The van der Waals surface area contributed by atoms with Crippen molar-refractivity contribution in [3.05, 3.63) is 78.1 Å². The van der Waals surface area contributed by atoms with Gasteiger partial charge in [0.05, 0.1) is 5.69 Å². The summed E-state index contributed by atoms with van der Waals surface area (Å²) in [5, 5.41) is 4.46. The number of hydrogen-bond acceptors (Lipinski definition) is 3. The molecule has 0 aliphatic carbocycles. The standard InChI is InChI=1S/C17H14N2O2/c20-12-14-5-4-8-17(11-14)21-13-15-9-10-19(18-15)16-6-2-1-3-7-16/h1-12H,13H2. The van der Waals surface area contributed by atoms with Crippen LogP contribution < -0.4 is 4.74 Å². The minimum absolute atomic E-state index is 0.363. The van der Waals surface area contributed by atoms with Crippen molar-refractivity contribution in [3.8, 4) is 11.4 Å². The molecule has 0 saturated heterocycles. The lowest BCUT2D eigenvalue weighted by Gasteiger charge is -2.04. The number of carbonyl (C=O) groups excluding carboxylic acids is 1. The van der Waals surface area contributed by atoms with Crippen molar-refractivity contribution in [2.45, 2.75) is 6.61 Å². The Bertz CT molecular complexity index is 735. The Kier molecular flexibility index (Phi) is 3.78. The molecule has 0 saturated carbocycles. The van der Waals surface area contributed by atoms with E-state index in [1.807, 2.05) is 48.7 Å². The fraction of sp³-hybridized carbons (Fsp3) is 0.0588. The van der Waals surface area contributed by atoms with Crippen LogP contribution in [0.2, 0.25) is 0 Å². The highest BCUT2D eigenvalue weighted by atomic mass is 16.5. The molecule has 0 bridgehead atoms. The maximum absolute atomic E-state index is 10.7. The third-order valence-corrected chi connectivity index (χ3v) is 3.05. The molecule has 3 aromatic rings. The van der Waals surface area contributed by atoms with Gasteiger partial charge in [0.25, 0.3) is 0 Å². The first-order valence-corrected chi connectivity index (χ1v) is 6.63. The molecule has 3 rings (SSSR count). The number of hydrogen-bond donors (Lipinski definition) is 0. The molecule has 0 aliphatic heterocycles. The van der Waals surface area contributed by atoms with Crippen LogP contribution in [0.5, 0.6) is 5.75 Å². The zero-order valence-corrected chi connectivity index (χ0v) is 11.3. The molecule has 0 radical (unpaired) electrons. The van der Waals surface area contributed by atoms with Gasteiger partial charge in [0.1, 0.15) is 24.3 Å². The molecule has 0 aliphatic rings. The van der Waals surface area contributed by atoms with Crippen LogP contribution >= 0.6 is 0 Å². The Hall–Kier alpha value is -2.88. The molecule has 0 unspecified atom stereocenters. The monoisotopic (exact) mass is 278 g/mol. The predicted octanol–water partition coefficient (Wildman–Crippen LogP) is 3.26. The molecule has 2 aromatic carbocycles. The highest BCUT2D eigenvalue weighted by Gasteiger charge is 2.02. The first kappa shape index (κ1) is 13.1. The van der Waals surface area contributed by atoms with Gasteiger partial charge in [-0.3, -0.25) is 4.79 Å². The van der Waals surface area contributed by atoms with Gasteiger partial charge in [-0.2, -0.15) is 5.10 Å². The normalized spacial score (nSPS) is 10.3. The van der Waals surface area contributed by atoms with Crippen LogP contribution in [0.25, 0.3) is 5.69 Å². The van der Waals surface area contributed by atoms with Crippen molar-refractivity contribution >= 4 is 6.29 Å². The highest BCUT2D eigenvalue weighted by Crippen LogP contribution is 2.14. The molecular weight excluding hydrogens is 264 g/mol. The summed E-state index contributed by atoms with van der Waals surface area (Å²) in [6, 6.07) is 18.9. The van der Waals surface area contributed by atoms with Crippen LogP contribution in [-0.4, -0.2) is 16.1 Å². The van der Waals surface area contributed by atoms with Crippen molar-refractivity contribution in [1.29, 1.82) is 0 Å². The molecule has 1 aromatic heterocycles. The number of aromatic nitrogens is 2. The summed E-state index contributed by atoms with van der Waals surface area (Å²) >= 11 is 0. The van der Waals surface area contributed by atoms with Crippen molar-refractivity contribution in [2.24, 2.45) is 0 Å². The second-order valence-electron chi connectivity index (χ2n) is 4.57. The molecule has 1 heterocycles. The first-order chi connectivity index (χ1) is 10.3. The van der Waals surface area contributed by atoms with E-state index in [2.05, 4.69) is 5.10 Å². The number of para-hydroxylation sites is 1. The zero-order chi connectivity index (χ0) is 14.5. The van der Waals surface area contributed by atoms with Gasteiger partial charge in [0.15, 0.2) is 0 Å². The van der Waals surface area contributed by atoms with Gasteiger partial charge in [-0.15, -0.1) is 0 Å². The molecule has 0 fully saturated rings. The van der Waals surface area contributed by atoms with Crippen molar-refractivity contribution in [3.63, 3.8) is 0 Å². The smallest absolute Gasteiger partial charge is 0.150 e. The Morgan fingerprint density at radius 3 is 2.71 bits per heavy atom. The average Bonchev–Trinajstić information content (AvgIpc) is 3.03. The Morgan fingerprint density at radius 2 is 1.90 bits per heavy atom. The molecule has 104 valence electrons. The maximum Gasteiger partial charge on any atom is 0.150 e. The van der Waals surface area contributed by atoms with E-state index in [9.17, 15) is 4.79 Å². The summed E-state index contributed by atoms with van der Waals surface area (Å²) in [4.78, 5) is 10.7. The number of benzene rings is 2. The largest absolute Gasteiger partial charge is 0.487 e. The van der Waals surface area contributed by atoms with E-state index < -0.39 is 0 Å². The number of rotatable bonds is 5. The van der Waals surface area contributed by atoms with Gasteiger partial charge in [0.2, 0.25) is 0 Å². The van der Waals surface area contributed by atoms with Gasteiger partial charge in [-0.1, -0.05) is 30.3 Å².